The van der Waals surface area contributed by atoms with Crippen molar-refractivity contribution < 1.29 is 14.3 Å². The van der Waals surface area contributed by atoms with Gasteiger partial charge in [0.2, 0.25) is 0 Å². The summed E-state index contributed by atoms with van der Waals surface area (Å²) in [6.07, 6.45) is 3.34. The molecular formula is C16H15BrO3S. The second-order valence-corrected chi connectivity index (χ2v) is 5.94. The molecule has 0 spiro atoms. The molecule has 2 aromatic rings. The van der Waals surface area contributed by atoms with Crippen molar-refractivity contribution in [1.29, 1.82) is 0 Å². The minimum atomic E-state index is -0.00472. The number of methoxy groups -OCH3 is 1. The monoisotopic (exact) mass is 366 g/mol. The van der Waals surface area contributed by atoms with Crippen LogP contribution >= 0.6 is 27.3 Å². The number of allylic oxidation sites excluding steroid dienone is 1. The quantitative estimate of drug-likeness (QED) is 0.543. The highest BCUT2D eigenvalue weighted by atomic mass is 79.9. The Bertz CT molecular complexity index is 648. The highest BCUT2D eigenvalue weighted by molar-refractivity contribution is 9.10. The lowest BCUT2D eigenvalue weighted by Gasteiger charge is -2.11. The fraction of sp³-hybridized carbons (Fsp3) is 0.188. The zero-order valence-corrected chi connectivity index (χ0v) is 14.2. The largest absolute Gasteiger partial charge is 0.492 e. The molecule has 0 saturated carbocycles. The van der Waals surface area contributed by atoms with E-state index >= 15 is 0 Å². The summed E-state index contributed by atoms with van der Waals surface area (Å²) < 4.78 is 11.7. The number of thiophene rings is 1. The van der Waals surface area contributed by atoms with Gasteiger partial charge in [0.15, 0.2) is 17.3 Å². The second kappa shape index (κ2) is 7.43. The van der Waals surface area contributed by atoms with Gasteiger partial charge < -0.3 is 9.47 Å². The average molecular weight is 367 g/mol. The Labute approximate surface area is 136 Å². The molecule has 5 heteroatoms. The van der Waals surface area contributed by atoms with Crippen molar-refractivity contribution in [3.63, 3.8) is 0 Å². The molecule has 21 heavy (non-hydrogen) atoms. The number of carbonyl (C=O) groups is 1. The maximum atomic E-state index is 12.0. The Kier molecular flexibility index (Phi) is 5.59. The second-order valence-electron chi connectivity index (χ2n) is 4.14. The molecule has 3 nitrogen and oxygen atoms in total. The number of ketones is 1. The summed E-state index contributed by atoms with van der Waals surface area (Å²) in [5, 5.41) is 1.89. The number of hydrogen-bond acceptors (Lipinski definition) is 4. The summed E-state index contributed by atoms with van der Waals surface area (Å²) in [4.78, 5) is 12.7. The van der Waals surface area contributed by atoms with Gasteiger partial charge in [-0.3, -0.25) is 4.79 Å². The van der Waals surface area contributed by atoms with E-state index in [2.05, 4.69) is 15.9 Å². The zero-order chi connectivity index (χ0) is 15.2. The van der Waals surface area contributed by atoms with Gasteiger partial charge in [0, 0.05) is 0 Å². The molecule has 0 radical (unpaired) electrons. The van der Waals surface area contributed by atoms with E-state index in [-0.39, 0.29) is 5.78 Å². The minimum Gasteiger partial charge on any atom is -0.492 e. The molecule has 0 aliphatic heterocycles. The predicted octanol–water partition coefficient (Wildman–Crippen LogP) is 4.81. The molecular weight excluding hydrogens is 352 g/mol. The van der Waals surface area contributed by atoms with E-state index in [1.807, 2.05) is 36.6 Å². The Morgan fingerprint density at radius 1 is 1.43 bits per heavy atom. The summed E-state index contributed by atoms with van der Waals surface area (Å²) in [5.74, 6) is 1.30. The normalized spacial score (nSPS) is 10.8. The fourth-order valence-corrected chi connectivity index (χ4v) is 3.08. The maximum absolute atomic E-state index is 12.0. The van der Waals surface area contributed by atoms with Gasteiger partial charge in [0.1, 0.15) is 0 Å². The Morgan fingerprint density at radius 3 is 2.86 bits per heavy atom. The van der Waals surface area contributed by atoms with Crippen molar-refractivity contribution in [3.05, 3.63) is 50.6 Å². The number of halogens is 1. The van der Waals surface area contributed by atoms with Crippen molar-refractivity contribution in [2.24, 2.45) is 0 Å². The number of hydrogen-bond donors (Lipinski definition) is 0. The van der Waals surface area contributed by atoms with E-state index in [9.17, 15) is 4.79 Å². The van der Waals surface area contributed by atoms with Crippen LogP contribution in [0.4, 0.5) is 0 Å². The van der Waals surface area contributed by atoms with Crippen molar-refractivity contribution >= 4 is 39.1 Å². The Morgan fingerprint density at radius 2 is 2.24 bits per heavy atom. The summed E-state index contributed by atoms with van der Waals surface area (Å²) in [5.41, 5.74) is 0.871. The average Bonchev–Trinajstić information content (AvgIpc) is 2.99. The van der Waals surface area contributed by atoms with Gasteiger partial charge in [0.05, 0.1) is 23.1 Å². The first-order chi connectivity index (χ1) is 10.2. The fourth-order valence-electron chi connectivity index (χ4n) is 1.82. The molecule has 0 bridgehead atoms. The molecule has 1 aromatic heterocycles. The van der Waals surface area contributed by atoms with Gasteiger partial charge in [-0.15, -0.1) is 11.3 Å². The third-order valence-electron chi connectivity index (χ3n) is 2.73. The number of benzene rings is 1. The van der Waals surface area contributed by atoms with E-state index in [1.54, 1.807) is 19.3 Å². The third kappa shape index (κ3) is 3.95. The minimum absolute atomic E-state index is 0.00472. The van der Waals surface area contributed by atoms with Crippen LogP contribution in [0.1, 0.15) is 22.2 Å². The molecule has 0 aliphatic rings. The van der Waals surface area contributed by atoms with Gasteiger partial charge in [-0.05, 0) is 58.1 Å². The van der Waals surface area contributed by atoms with Crippen LogP contribution in [0.15, 0.2) is 40.2 Å². The van der Waals surface area contributed by atoms with Crippen LogP contribution in [0.5, 0.6) is 11.5 Å². The van der Waals surface area contributed by atoms with E-state index in [4.69, 9.17) is 9.47 Å². The summed E-state index contributed by atoms with van der Waals surface area (Å²) in [7, 11) is 1.60. The molecule has 1 aromatic carbocycles. The molecule has 0 saturated heterocycles. The zero-order valence-electron chi connectivity index (χ0n) is 11.8. The van der Waals surface area contributed by atoms with E-state index < -0.39 is 0 Å². The predicted molar refractivity (Wildman–Crippen MR) is 89.5 cm³/mol. The van der Waals surface area contributed by atoms with E-state index in [0.717, 1.165) is 14.9 Å². The Balaban J connectivity index is 2.26. The van der Waals surface area contributed by atoms with Crippen molar-refractivity contribution in [1.82, 2.24) is 0 Å². The lowest BCUT2D eigenvalue weighted by molar-refractivity contribution is 0.105. The molecule has 0 N–H and O–H groups in total. The molecule has 0 unspecified atom stereocenters. The molecule has 2 rings (SSSR count). The first-order valence-electron chi connectivity index (χ1n) is 6.42. The van der Waals surface area contributed by atoms with E-state index in [1.165, 1.54) is 11.3 Å². The standard InChI is InChI=1S/C16H15BrO3S/c1-3-20-14-10-11(9-12(17)16(14)19-2)6-7-13(18)15-5-4-8-21-15/h4-10H,3H2,1-2H3. The van der Waals surface area contributed by atoms with Crippen LogP contribution in [0.3, 0.4) is 0 Å². The van der Waals surface area contributed by atoms with Crippen molar-refractivity contribution in [2.45, 2.75) is 6.92 Å². The summed E-state index contributed by atoms with van der Waals surface area (Å²) in [6, 6.07) is 7.42. The van der Waals surface area contributed by atoms with Crippen LogP contribution in [0.25, 0.3) is 6.08 Å². The maximum Gasteiger partial charge on any atom is 0.195 e. The molecule has 0 atom stereocenters. The third-order valence-corrected chi connectivity index (χ3v) is 4.20. The van der Waals surface area contributed by atoms with Crippen LogP contribution in [-0.4, -0.2) is 19.5 Å². The number of carbonyl (C=O) groups excluding carboxylic acids is 1. The lowest BCUT2D eigenvalue weighted by Crippen LogP contribution is -1.97. The van der Waals surface area contributed by atoms with Gasteiger partial charge >= 0.3 is 0 Å². The van der Waals surface area contributed by atoms with Crippen LogP contribution in [0.2, 0.25) is 0 Å². The number of ether oxygens (including phenoxy) is 2. The SMILES string of the molecule is CCOc1cc(C=CC(=O)c2cccs2)cc(Br)c1OC. The summed E-state index contributed by atoms with van der Waals surface area (Å²) in [6.45, 7) is 2.46. The smallest absolute Gasteiger partial charge is 0.195 e. The molecule has 0 fully saturated rings. The van der Waals surface area contributed by atoms with Gasteiger partial charge in [-0.25, -0.2) is 0 Å². The molecule has 0 aliphatic carbocycles. The van der Waals surface area contributed by atoms with Gasteiger partial charge in [0.25, 0.3) is 0 Å². The lowest BCUT2D eigenvalue weighted by atomic mass is 10.1. The van der Waals surface area contributed by atoms with Crippen LogP contribution < -0.4 is 9.47 Å². The molecule has 1 heterocycles. The van der Waals surface area contributed by atoms with Crippen molar-refractivity contribution in [2.75, 3.05) is 13.7 Å². The van der Waals surface area contributed by atoms with Crippen LogP contribution in [-0.2, 0) is 0 Å². The molecule has 0 amide bonds. The van der Waals surface area contributed by atoms with Gasteiger partial charge in [-0.1, -0.05) is 12.1 Å². The highest BCUT2D eigenvalue weighted by Crippen LogP contribution is 2.36. The van der Waals surface area contributed by atoms with E-state index in [0.29, 0.717) is 18.1 Å². The van der Waals surface area contributed by atoms with Crippen LogP contribution in [0, 0.1) is 0 Å². The Hall–Kier alpha value is -1.59. The first kappa shape index (κ1) is 15.8. The van der Waals surface area contributed by atoms with Crippen molar-refractivity contribution in [3.8, 4) is 11.5 Å². The number of rotatable bonds is 6. The topological polar surface area (TPSA) is 35.5 Å². The molecule has 110 valence electrons. The first-order valence-corrected chi connectivity index (χ1v) is 8.09. The van der Waals surface area contributed by atoms with Gasteiger partial charge in [-0.2, -0.15) is 0 Å². The summed E-state index contributed by atoms with van der Waals surface area (Å²) >= 11 is 4.88. The highest BCUT2D eigenvalue weighted by Gasteiger charge is 2.10.